The molecule has 1 aromatic heterocycles. The van der Waals surface area contributed by atoms with Crippen LogP contribution in [0.1, 0.15) is 25.0 Å². The molecular weight excluding hydrogens is 397 g/mol. The highest BCUT2D eigenvalue weighted by Crippen LogP contribution is 2.40. The lowest BCUT2D eigenvalue weighted by atomic mass is 9.30. The smallest absolute Gasteiger partial charge is 0.248 e. The Morgan fingerprint density at radius 2 is 1.36 bits per heavy atom. The molecule has 0 saturated carbocycles. The van der Waals surface area contributed by atoms with Crippen molar-refractivity contribution in [3.63, 3.8) is 0 Å². The van der Waals surface area contributed by atoms with Crippen LogP contribution in [0.3, 0.4) is 0 Å². The second-order valence-electron chi connectivity index (χ2n) is 10.1. The molecule has 33 heavy (non-hydrogen) atoms. The summed E-state index contributed by atoms with van der Waals surface area (Å²) in [5.74, 6) is 0. The van der Waals surface area contributed by atoms with Crippen molar-refractivity contribution in [3.05, 3.63) is 108 Å². The third-order valence-corrected chi connectivity index (χ3v) is 8.24. The Kier molecular flexibility index (Phi) is 3.10. The van der Waals surface area contributed by atoms with E-state index >= 15 is 0 Å². The quantitative estimate of drug-likeness (QED) is 0.290. The number of nitrogens with zero attached hydrogens (tertiary/aromatic N) is 1. The van der Waals surface area contributed by atoms with Crippen molar-refractivity contribution < 1.29 is 0 Å². The molecule has 5 aromatic carbocycles. The molecule has 0 N–H and O–H groups in total. The maximum Gasteiger partial charge on any atom is 0.248 e. The summed E-state index contributed by atoms with van der Waals surface area (Å²) in [7, 11) is 0. The van der Waals surface area contributed by atoms with Gasteiger partial charge in [0.15, 0.2) is 0 Å². The summed E-state index contributed by atoms with van der Waals surface area (Å²) in [6.45, 7) is 5.02. The van der Waals surface area contributed by atoms with Crippen LogP contribution in [-0.2, 0) is 5.41 Å². The van der Waals surface area contributed by atoms with Crippen molar-refractivity contribution in [1.29, 1.82) is 0 Å². The van der Waals surface area contributed by atoms with E-state index in [0.29, 0.717) is 0 Å². The minimum Gasteiger partial charge on any atom is -0.310 e. The van der Waals surface area contributed by atoms with Crippen LogP contribution in [-0.4, -0.2) is 11.3 Å². The molecule has 0 amide bonds. The average molecular weight is 419 g/mol. The standard InChI is InChI=1S/C31H22BN/c1-31(2)23-13-6-7-15-25(23)32-28-20-11-4-3-10-19(20)18-22-21-12-5-8-16-26(21)33(30(22)28)27-17-9-14-24(31)29(27)32/h3-18H,1-2H3. The largest absolute Gasteiger partial charge is 0.310 e. The minimum atomic E-state index is -0.0391. The number of rotatable bonds is 0. The van der Waals surface area contributed by atoms with Crippen LogP contribution in [0, 0.1) is 0 Å². The maximum atomic E-state index is 2.55. The normalized spacial score (nSPS) is 15.2. The highest BCUT2D eigenvalue weighted by atomic mass is 15.0. The van der Waals surface area contributed by atoms with Crippen LogP contribution in [0.15, 0.2) is 97.1 Å². The highest BCUT2D eigenvalue weighted by molar-refractivity contribution is 7.00. The van der Waals surface area contributed by atoms with Crippen LogP contribution in [0.25, 0.3) is 38.3 Å². The van der Waals surface area contributed by atoms with Crippen LogP contribution >= 0.6 is 0 Å². The maximum absolute atomic E-state index is 2.55. The predicted molar refractivity (Wildman–Crippen MR) is 142 cm³/mol. The van der Waals surface area contributed by atoms with Crippen molar-refractivity contribution in [2.75, 3.05) is 0 Å². The Labute approximate surface area is 193 Å². The third kappa shape index (κ3) is 1.97. The molecule has 0 unspecified atom stereocenters. The van der Waals surface area contributed by atoms with Crippen LogP contribution in [0.4, 0.5) is 0 Å². The van der Waals surface area contributed by atoms with Crippen LogP contribution in [0.2, 0.25) is 0 Å². The van der Waals surface area contributed by atoms with Gasteiger partial charge in [0.1, 0.15) is 0 Å². The molecule has 8 rings (SSSR count). The zero-order chi connectivity index (χ0) is 21.9. The fraction of sp³-hybridized carbons (Fsp3) is 0.0968. The summed E-state index contributed by atoms with van der Waals surface area (Å²) in [5.41, 5.74) is 11.3. The third-order valence-electron chi connectivity index (χ3n) is 8.24. The predicted octanol–water partition coefficient (Wildman–Crippen LogP) is 5.41. The van der Waals surface area contributed by atoms with Gasteiger partial charge < -0.3 is 4.57 Å². The molecule has 2 heteroatoms. The minimum absolute atomic E-state index is 0.0391. The number of benzene rings is 5. The lowest BCUT2D eigenvalue weighted by Crippen LogP contribution is -2.63. The molecule has 154 valence electrons. The van der Waals surface area contributed by atoms with E-state index in [0.717, 1.165) is 0 Å². The lowest BCUT2D eigenvalue weighted by molar-refractivity contribution is 0.645. The van der Waals surface area contributed by atoms with Gasteiger partial charge in [0, 0.05) is 27.4 Å². The Morgan fingerprint density at radius 1 is 0.636 bits per heavy atom. The monoisotopic (exact) mass is 419 g/mol. The van der Waals surface area contributed by atoms with Gasteiger partial charge in [0.05, 0.1) is 5.52 Å². The van der Waals surface area contributed by atoms with E-state index in [1.807, 2.05) is 0 Å². The zero-order valence-electron chi connectivity index (χ0n) is 18.8. The zero-order valence-corrected chi connectivity index (χ0v) is 18.8. The van der Waals surface area contributed by atoms with Crippen LogP contribution < -0.4 is 16.4 Å². The molecule has 2 aliphatic heterocycles. The molecule has 0 aliphatic carbocycles. The van der Waals surface area contributed by atoms with E-state index in [4.69, 9.17) is 0 Å². The molecular formula is C31H22BN. The molecule has 0 saturated heterocycles. The van der Waals surface area contributed by atoms with Crippen molar-refractivity contribution in [1.82, 2.24) is 4.57 Å². The highest BCUT2D eigenvalue weighted by Gasteiger charge is 2.45. The Hall–Kier alpha value is -3.78. The van der Waals surface area contributed by atoms with Gasteiger partial charge in [-0.15, -0.1) is 0 Å². The first-order valence-corrected chi connectivity index (χ1v) is 11.8. The van der Waals surface area contributed by atoms with Crippen molar-refractivity contribution in [3.8, 4) is 5.69 Å². The number of hydrogen-bond acceptors (Lipinski definition) is 0. The topological polar surface area (TPSA) is 4.93 Å². The van der Waals surface area contributed by atoms with Crippen molar-refractivity contribution >= 4 is 55.7 Å². The second kappa shape index (κ2) is 5.77. The summed E-state index contributed by atoms with van der Waals surface area (Å²) in [6.07, 6.45) is 0. The van der Waals surface area contributed by atoms with Crippen LogP contribution in [0.5, 0.6) is 0 Å². The number of aromatic nitrogens is 1. The van der Waals surface area contributed by atoms with E-state index < -0.39 is 0 Å². The number of para-hydroxylation sites is 1. The van der Waals surface area contributed by atoms with Crippen molar-refractivity contribution in [2.45, 2.75) is 19.3 Å². The fourth-order valence-electron chi connectivity index (χ4n) is 6.88. The molecule has 1 nitrogen and oxygen atoms in total. The lowest BCUT2D eigenvalue weighted by Gasteiger charge is -2.42. The van der Waals surface area contributed by atoms with Gasteiger partial charge in [-0.25, -0.2) is 0 Å². The van der Waals surface area contributed by atoms with Gasteiger partial charge in [-0.05, 0) is 51.0 Å². The van der Waals surface area contributed by atoms with Gasteiger partial charge >= 0.3 is 0 Å². The first-order chi connectivity index (χ1) is 16.2. The average Bonchev–Trinajstić information content (AvgIpc) is 3.18. The SMILES string of the molecule is CC1(C)c2ccccc2B2c3c(cccc31)-n1c3ccccc3c3cc4ccccc4c2c31. The summed E-state index contributed by atoms with van der Waals surface area (Å²) in [6, 6.07) is 36.4. The van der Waals surface area contributed by atoms with E-state index in [1.54, 1.807) is 0 Å². The van der Waals surface area contributed by atoms with Gasteiger partial charge in [-0.2, -0.15) is 0 Å². The summed E-state index contributed by atoms with van der Waals surface area (Å²) in [5, 5.41) is 5.39. The summed E-state index contributed by atoms with van der Waals surface area (Å²) >= 11 is 0. The van der Waals surface area contributed by atoms with E-state index in [-0.39, 0.29) is 12.1 Å². The van der Waals surface area contributed by atoms with E-state index in [1.165, 1.54) is 65.8 Å². The molecule has 2 aliphatic rings. The number of hydrogen-bond donors (Lipinski definition) is 0. The molecule has 0 spiro atoms. The van der Waals surface area contributed by atoms with Crippen molar-refractivity contribution in [2.24, 2.45) is 0 Å². The van der Waals surface area contributed by atoms with Gasteiger partial charge in [-0.3, -0.25) is 0 Å². The number of fused-ring (bicyclic) bond motifs is 9. The molecule has 0 atom stereocenters. The molecule has 0 fully saturated rings. The summed E-state index contributed by atoms with van der Waals surface area (Å²) in [4.78, 5) is 0. The van der Waals surface area contributed by atoms with Gasteiger partial charge in [0.25, 0.3) is 0 Å². The van der Waals surface area contributed by atoms with E-state index in [9.17, 15) is 0 Å². The fourth-order valence-corrected chi connectivity index (χ4v) is 6.88. The van der Waals surface area contributed by atoms with E-state index in [2.05, 4.69) is 115 Å². The molecule has 6 aromatic rings. The molecule has 3 heterocycles. The Morgan fingerprint density at radius 3 is 2.27 bits per heavy atom. The Balaban J connectivity index is 1.71. The second-order valence-corrected chi connectivity index (χ2v) is 10.1. The first-order valence-electron chi connectivity index (χ1n) is 11.8. The first kappa shape index (κ1) is 17.7. The van der Waals surface area contributed by atoms with Gasteiger partial charge in [-0.1, -0.05) is 98.2 Å². The molecule has 0 radical (unpaired) electrons. The summed E-state index contributed by atoms with van der Waals surface area (Å²) < 4.78 is 2.55. The van der Waals surface area contributed by atoms with Gasteiger partial charge in [0.2, 0.25) is 6.71 Å². The molecule has 0 bridgehead atoms. The Bertz CT molecular complexity index is 1800.